The second kappa shape index (κ2) is 7.15. The van der Waals surface area contributed by atoms with Gasteiger partial charge < -0.3 is 10.1 Å². The van der Waals surface area contributed by atoms with Crippen molar-refractivity contribution >= 4 is 15.9 Å². The van der Waals surface area contributed by atoms with E-state index in [9.17, 15) is 0 Å². The molecule has 0 aliphatic heterocycles. The van der Waals surface area contributed by atoms with Crippen LogP contribution in [-0.2, 0) is 0 Å². The highest BCUT2D eigenvalue weighted by Gasteiger charge is 2.15. The molecule has 1 N–H and O–H groups in total. The lowest BCUT2D eigenvalue weighted by molar-refractivity contribution is 0.355. The molecule has 18 heavy (non-hydrogen) atoms. The van der Waals surface area contributed by atoms with E-state index in [1.807, 2.05) is 6.07 Å². The Kier molecular flexibility index (Phi) is 6.16. The van der Waals surface area contributed by atoms with Gasteiger partial charge in [-0.3, -0.25) is 0 Å². The van der Waals surface area contributed by atoms with E-state index < -0.39 is 0 Å². The van der Waals surface area contributed by atoms with Crippen LogP contribution < -0.4 is 10.1 Å². The van der Waals surface area contributed by atoms with Gasteiger partial charge >= 0.3 is 0 Å². The number of methoxy groups -OCH3 is 1. The van der Waals surface area contributed by atoms with Crippen LogP contribution >= 0.6 is 15.9 Å². The van der Waals surface area contributed by atoms with Gasteiger partial charge in [0.2, 0.25) is 0 Å². The number of ether oxygens (including phenoxy) is 1. The first kappa shape index (κ1) is 15.5. The number of nitrogens with one attached hydrogen (secondary N) is 1. The molecule has 2 unspecified atom stereocenters. The van der Waals surface area contributed by atoms with Crippen LogP contribution in [-0.4, -0.2) is 13.2 Å². The SMILES string of the molecule is CCC(NC(C)c1ccc(OC)c(Br)c1)C(C)C. The maximum Gasteiger partial charge on any atom is 0.133 e. The maximum atomic E-state index is 5.25. The van der Waals surface area contributed by atoms with Crippen molar-refractivity contribution in [2.75, 3.05) is 7.11 Å². The molecule has 0 saturated heterocycles. The summed E-state index contributed by atoms with van der Waals surface area (Å²) < 4.78 is 6.26. The van der Waals surface area contributed by atoms with Gasteiger partial charge in [0, 0.05) is 12.1 Å². The minimum Gasteiger partial charge on any atom is -0.496 e. The van der Waals surface area contributed by atoms with E-state index in [1.54, 1.807) is 7.11 Å². The normalized spacial score (nSPS) is 14.6. The number of halogens is 1. The van der Waals surface area contributed by atoms with Crippen molar-refractivity contribution < 1.29 is 4.74 Å². The largest absolute Gasteiger partial charge is 0.496 e. The van der Waals surface area contributed by atoms with E-state index in [0.717, 1.165) is 16.6 Å². The van der Waals surface area contributed by atoms with E-state index in [4.69, 9.17) is 4.74 Å². The zero-order chi connectivity index (χ0) is 13.7. The summed E-state index contributed by atoms with van der Waals surface area (Å²) in [7, 11) is 1.69. The Hall–Kier alpha value is -0.540. The van der Waals surface area contributed by atoms with Crippen LogP contribution in [0.5, 0.6) is 5.75 Å². The highest BCUT2D eigenvalue weighted by molar-refractivity contribution is 9.10. The summed E-state index contributed by atoms with van der Waals surface area (Å²) in [4.78, 5) is 0. The van der Waals surface area contributed by atoms with Gasteiger partial charge in [-0.2, -0.15) is 0 Å². The van der Waals surface area contributed by atoms with Gasteiger partial charge in [-0.05, 0) is 52.9 Å². The van der Waals surface area contributed by atoms with Crippen molar-refractivity contribution in [3.8, 4) is 5.75 Å². The van der Waals surface area contributed by atoms with Crippen LogP contribution in [0, 0.1) is 5.92 Å². The minimum absolute atomic E-state index is 0.347. The maximum absolute atomic E-state index is 5.25. The summed E-state index contributed by atoms with van der Waals surface area (Å²) in [6.45, 7) is 8.96. The number of rotatable bonds is 6. The Morgan fingerprint density at radius 3 is 2.39 bits per heavy atom. The van der Waals surface area contributed by atoms with Crippen LogP contribution in [0.25, 0.3) is 0 Å². The molecule has 0 spiro atoms. The Labute approximate surface area is 119 Å². The van der Waals surface area contributed by atoms with E-state index in [2.05, 4.69) is 61.1 Å². The molecule has 1 rings (SSSR count). The quantitative estimate of drug-likeness (QED) is 0.832. The van der Waals surface area contributed by atoms with Gasteiger partial charge in [0.15, 0.2) is 0 Å². The van der Waals surface area contributed by atoms with E-state index in [1.165, 1.54) is 5.56 Å². The van der Waals surface area contributed by atoms with Crippen LogP contribution in [0.15, 0.2) is 22.7 Å². The molecule has 1 aromatic carbocycles. The fraction of sp³-hybridized carbons (Fsp3) is 0.600. The van der Waals surface area contributed by atoms with Crippen LogP contribution in [0.3, 0.4) is 0 Å². The van der Waals surface area contributed by atoms with Crippen LogP contribution in [0.4, 0.5) is 0 Å². The summed E-state index contributed by atoms with van der Waals surface area (Å²) in [5.41, 5.74) is 1.28. The molecule has 102 valence electrons. The number of hydrogen-bond donors (Lipinski definition) is 1. The third-order valence-corrected chi connectivity index (χ3v) is 4.00. The summed E-state index contributed by atoms with van der Waals surface area (Å²) in [6.07, 6.45) is 1.15. The Bertz CT molecular complexity index is 379. The average Bonchev–Trinajstić information content (AvgIpc) is 2.35. The second-order valence-corrected chi connectivity index (χ2v) is 5.90. The summed E-state index contributed by atoms with van der Waals surface area (Å²) in [6, 6.07) is 7.16. The third-order valence-electron chi connectivity index (χ3n) is 3.38. The van der Waals surface area contributed by atoms with Gasteiger partial charge in [-0.1, -0.05) is 26.8 Å². The molecule has 0 fully saturated rings. The Morgan fingerprint density at radius 1 is 1.28 bits per heavy atom. The molecule has 0 saturated carbocycles. The van der Waals surface area contributed by atoms with Crippen LogP contribution in [0.1, 0.15) is 45.7 Å². The highest BCUT2D eigenvalue weighted by Crippen LogP contribution is 2.28. The summed E-state index contributed by atoms with van der Waals surface area (Å²) in [5.74, 6) is 1.53. The van der Waals surface area contributed by atoms with Crippen molar-refractivity contribution in [2.24, 2.45) is 5.92 Å². The predicted molar refractivity (Wildman–Crippen MR) is 81.2 cm³/mol. The van der Waals surface area contributed by atoms with Gasteiger partial charge in [0.25, 0.3) is 0 Å². The molecule has 0 aromatic heterocycles. The molecule has 0 aliphatic rings. The molecule has 0 aliphatic carbocycles. The van der Waals surface area contributed by atoms with Crippen molar-refractivity contribution in [3.05, 3.63) is 28.2 Å². The first-order chi connectivity index (χ1) is 8.49. The lowest BCUT2D eigenvalue weighted by Crippen LogP contribution is -2.35. The van der Waals surface area contributed by atoms with E-state index >= 15 is 0 Å². The lowest BCUT2D eigenvalue weighted by Gasteiger charge is -2.26. The topological polar surface area (TPSA) is 21.3 Å². The molecular formula is C15H24BrNO. The number of hydrogen-bond acceptors (Lipinski definition) is 2. The first-order valence-corrected chi connectivity index (χ1v) is 7.38. The fourth-order valence-corrected chi connectivity index (χ4v) is 2.71. The standard InChI is InChI=1S/C15H24BrNO/c1-6-14(10(2)3)17-11(4)12-7-8-15(18-5)13(16)9-12/h7-11,14,17H,6H2,1-5H3. The van der Waals surface area contributed by atoms with E-state index in [-0.39, 0.29) is 0 Å². The average molecular weight is 314 g/mol. The molecule has 2 nitrogen and oxygen atoms in total. The van der Waals surface area contributed by atoms with E-state index in [0.29, 0.717) is 18.0 Å². The molecule has 2 atom stereocenters. The second-order valence-electron chi connectivity index (χ2n) is 5.04. The summed E-state index contributed by atoms with van der Waals surface area (Å²) >= 11 is 3.54. The molecular weight excluding hydrogens is 290 g/mol. The Balaban J connectivity index is 2.77. The van der Waals surface area contributed by atoms with Crippen molar-refractivity contribution in [3.63, 3.8) is 0 Å². The first-order valence-electron chi connectivity index (χ1n) is 6.59. The van der Waals surface area contributed by atoms with Gasteiger partial charge in [0.05, 0.1) is 11.6 Å². The van der Waals surface area contributed by atoms with Crippen LogP contribution in [0.2, 0.25) is 0 Å². The molecule has 0 bridgehead atoms. The zero-order valence-corrected chi connectivity index (χ0v) is 13.5. The number of benzene rings is 1. The molecule has 1 aromatic rings. The van der Waals surface area contributed by atoms with Crippen molar-refractivity contribution in [1.82, 2.24) is 5.32 Å². The molecule has 3 heteroatoms. The molecule has 0 heterocycles. The molecule has 0 amide bonds. The molecule has 0 radical (unpaired) electrons. The monoisotopic (exact) mass is 313 g/mol. The van der Waals surface area contributed by atoms with Crippen molar-refractivity contribution in [2.45, 2.75) is 46.2 Å². The zero-order valence-electron chi connectivity index (χ0n) is 12.0. The smallest absolute Gasteiger partial charge is 0.133 e. The summed E-state index contributed by atoms with van der Waals surface area (Å²) in [5, 5.41) is 3.69. The Morgan fingerprint density at radius 2 is 1.94 bits per heavy atom. The fourth-order valence-electron chi connectivity index (χ4n) is 2.15. The van der Waals surface area contributed by atoms with Gasteiger partial charge in [-0.15, -0.1) is 0 Å². The van der Waals surface area contributed by atoms with Crippen molar-refractivity contribution in [1.29, 1.82) is 0 Å². The third kappa shape index (κ3) is 3.99. The minimum atomic E-state index is 0.347. The van der Waals surface area contributed by atoms with Gasteiger partial charge in [0.1, 0.15) is 5.75 Å². The van der Waals surface area contributed by atoms with Gasteiger partial charge in [-0.25, -0.2) is 0 Å². The predicted octanol–water partition coefficient (Wildman–Crippen LogP) is 4.54. The highest BCUT2D eigenvalue weighted by atomic mass is 79.9. The lowest BCUT2D eigenvalue weighted by atomic mass is 9.99.